The highest BCUT2D eigenvalue weighted by Crippen LogP contribution is 2.36. The normalized spacial score (nSPS) is 20.4. The van der Waals surface area contributed by atoms with Gasteiger partial charge in [-0.15, -0.1) is 12.4 Å². The molecule has 164 valence electrons. The van der Waals surface area contributed by atoms with Crippen molar-refractivity contribution in [3.8, 4) is 11.5 Å². The van der Waals surface area contributed by atoms with Crippen molar-refractivity contribution < 1.29 is 17.9 Å². The minimum absolute atomic E-state index is 0. The number of benzene rings is 2. The Bertz CT molecular complexity index is 987. The molecule has 0 bridgehead atoms. The van der Waals surface area contributed by atoms with Crippen LogP contribution in [0.4, 0.5) is 0 Å². The molecule has 0 saturated carbocycles. The Morgan fingerprint density at radius 3 is 2.70 bits per heavy atom. The van der Waals surface area contributed by atoms with Gasteiger partial charge in [0.05, 0.1) is 10.9 Å². The smallest absolute Gasteiger partial charge is 0.242 e. The van der Waals surface area contributed by atoms with E-state index < -0.39 is 10.0 Å². The summed E-state index contributed by atoms with van der Waals surface area (Å²) in [6.45, 7) is 2.28. The average molecular weight is 455 g/mol. The third kappa shape index (κ3) is 4.56. The molecule has 2 aromatic rings. The van der Waals surface area contributed by atoms with Crippen molar-refractivity contribution in [3.05, 3.63) is 53.6 Å². The molecule has 0 aliphatic carbocycles. The first-order valence-electron chi connectivity index (χ1n) is 9.56. The zero-order valence-corrected chi connectivity index (χ0v) is 18.6. The zero-order valence-electron chi connectivity index (χ0n) is 16.9. The van der Waals surface area contributed by atoms with E-state index in [2.05, 4.69) is 16.2 Å². The van der Waals surface area contributed by atoms with Gasteiger partial charge in [-0.2, -0.15) is 0 Å². The predicted octanol–water partition coefficient (Wildman–Crippen LogP) is 1.64. The van der Waals surface area contributed by atoms with Crippen LogP contribution < -0.4 is 25.6 Å². The highest BCUT2D eigenvalue weighted by Gasteiger charge is 2.29. The lowest BCUT2D eigenvalue weighted by Gasteiger charge is -2.20. The molecule has 0 amide bonds. The van der Waals surface area contributed by atoms with Crippen molar-refractivity contribution in [2.24, 2.45) is 5.92 Å². The van der Waals surface area contributed by atoms with Crippen molar-refractivity contribution in [1.29, 1.82) is 0 Å². The molecule has 0 radical (unpaired) electrons. The van der Waals surface area contributed by atoms with Gasteiger partial charge in [0, 0.05) is 39.6 Å². The van der Waals surface area contributed by atoms with Gasteiger partial charge < -0.3 is 14.8 Å². The molecule has 2 aliphatic rings. The Morgan fingerprint density at radius 2 is 1.90 bits per heavy atom. The van der Waals surface area contributed by atoms with Crippen LogP contribution in [-0.2, 0) is 16.6 Å². The zero-order chi connectivity index (χ0) is 20.4. The van der Waals surface area contributed by atoms with Crippen LogP contribution in [0.1, 0.15) is 17.2 Å². The van der Waals surface area contributed by atoms with E-state index in [-0.39, 0.29) is 25.2 Å². The average Bonchev–Trinajstić information content (AvgIpc) is 3.36. The second-order valence-electron chi connectivity index (χ2n) is 7.40. The molecular weight excluding hydrogens is 428 g/mol. The van der Waals surface area contributed by atoms with Crippen molar-refractivity contribution in [1.82, 2.24) is 20.5 Å². The first-order chi connectivity index (χ1) is 14.0. The fraction of sp³-hybridized carbons (Fsp3) is 0.400. The minimum atomic E-state index is -3.47. The van der Waals surface area contributed by atoms with Crippen LogP contribution in [0, 0.1) is 5.92 Å². The second-order valence-corrected chi connectivity index (χ2v) is 9.52. The lowest BCUT2D eigenvalue weighted by atomic mass is 9.94. The Hall–Kier alpha value is -1.88. The number of halogens is 1. The maximum absolute atomic E-state index is 12.6. The first-order valence-corrected chi connectivity index (χ1v) is 11.0. The van der Waals surface area contributed by atoms with E-state index >= 15 is 0 Å². The summed E-state index contributed by atoms with van der Waals surface area (Å²) in [4.78, 5) is 0.340. The van der Waals surface area contributed by atoms with Crippen LogP contribution in [0.5, 0.6) is 11.5 Å². The van der Waals surface area contributed by atoms with Gasteiger partial charge in [-0.05, 0) is 29.3 Å². The summed E-state index contributed by atoms with van der Waals surface area (Å²) in [5, 5.41) is 3.43. The summed E-state index contributed by atoms with van der Waals surface area (Å²) in [6.07, 6.45) is 0. The van der Waals surface area contributed by atoms with Gasteiger partial charge in [0.1, 0.15) is 0 Å². The van der Waals surface area contributed by atoms with Crippen LogP contribution in [0.2, 0.25) is 0 Å². The number of hydrazine groups is 1. The second kappa shape index (κ2) is 9.51. The van der Waals surface area contributed by atoms with E-state index in [9.17, 15) is 8.42 Å². The number of hydrogen-bond donors (Lipinski definition) is 3. The Balaban J connectivity index is 0.00000256. The summed E-state index contributed by atoms with van der Waals surface area (Å²) in [5.41, 5.74) is 8.44. The summed E-state index contributed by atoms with van der Waals surface area (Å²) in [7, 11) is -0.380. The summed E-state index contributed by atoms with van der Waals surface area (Å²) in [5.74, 6) is 1.84. The Kier molecular flexibility index (Phi) is 7.22. The summed E-state index contributed by atoms with van der Waals surface area (Å²) < 4.78 is 37.2. The quantitative estimate of drug-likeness (QED) is 0.585. The third-order valence-corrected chi connectivity index (χ3v) is 7.22. The van der Waals surface area contributed by atoms with Gasteiger partial charge in [0.25, 0.3) is 0 Å². The molecular formula is C20H27ClN4O4S. The molecule has 2 heterocycles. The number of fused-ring (bicyclic) bond motifs is 1. The van der Waals surface area contributed by atoms with Crippen LogP contribution >= 0.6 is 12.4 Å². The lowest BCUT2D eigenvalue weighted by Crippen LogP contribution is -2.29. The van der Waals surface area contributed by atoms with Crippen molar-refractivity contribution >= 4 is 22.4 Å². The largest absolute Gasteiger partial charge is 0.454 e. The van der Waals surface area contributed by atoms with Crippen molar-refractivity contribution in [2.45, 2.75) is 17.5 Å². The van der Waals surface area contributed by atoms with Gasteiger partial charge in [0.15, 0.2) is 11.5 Å². The molecule has 2 atom stereocenters. The van der Waals surface area contributed by atoms with Crippen molar-refractivity contribution in [3.63, 3.8) is 0 Å². The molecule has 2 unspecified atom stereocenters. The van der Waals surface area contributed by atoms with E-state index in [1.54, 1.807) is 26.2 Å². The number of nitrogens with zero attached hydrogens (tertiary/aromatic N) is 1. The van der Waals surface area contributed by atoms with E-state index in [0.717, 1.165) is 35.7 Å². The maximum atomic E-state index is 12.6. The fourth-order valence-corrected chi connectivity index (χ4v) is 4.79. The fourth-order valence-electron chi connectivity index (χ4n) is 3.68. The van der Waals surface area contributed by atoms with Gasteiger partial charge >= 0.3 is 0 Å². The van der Waals surface area contributed by atoms with Crippen LogP contribution in [-0.4, -0.2) is 46.7 Å². The van der Waals surface area contributed by atoms with Crippen LogP contribution in [0.15, 0.2) is 47.4 Å². The highest BCUT2D eigenvalue weighted by molar-refractivity contribution is 7.89. The van der Waals surface area contributed by atoms with Crippen LogP contribution in [0.25, 0.3) is 0 Å². The van der Waals surface area contributed by atoms with Crippen LogP contribution in [0.3, 0.4) is 0 Å². The van der Waals surface area contributed by atoms with Crippen molar-refractivity contribution in [2.75, 3.05) is 34.0 Å². The Labute approximate surface area is 183 Å². The molecule has 1 saturated heterocycles. The standard InChI is InChI=1S/C20H26N4O4S.ClH/c1-24(2)29(25,26)19-6-4-3-5-15(19)10-21-11-16-12-22-23-20(16)14-7-8-17-18(9-14)28-13-27-17;/h3-9,16,20-23H,10-13H2,1-2H3;1H. The van der Waals surface area contributed by atoms with Gasteiger partial charge in [-0.1, -0.05) is 24.3 Å². The van der Waals surface area contributed by atoms with E-state index in [4.69, 9.17) is 9.47 Å². The number of nitrogens with one attached hydrogen (secondary N) is 3. The highest BCUT2D eigenvalue weighted by atomic mass is 35.5. The van der Waals surface area contributed by atoms with E-state index in [1.807, 2.05) is 30.3 Å². The van der Waals surface area contributed by atoms with E-state index in [0.29, 0.717) is 17.4 Å². The SMILES string of the molecule is CN(C)S(=O)(=O)c1ccccc1CNCC1CNNC1c1ccc2c(c1)OCO2.Cl. The predicted molar refractivity (Wildman–Crippen MR) is 116 cm³/mol. The maximum Gasteiger partial charge on any atom is 0.242 e. The molecule has 3 N–H and O–H groups in total. The topological polar surface area (TPSA) is 91.9 Å². The molecule has 30 heavy (non-hydrogen) atoms. The van der Waals surface area contributed by atoms with Gasteiger partial charge in [-0.3, -0.25) is 5.43 Å². The molecule has 0 spiro atoms. The monoisotopic (exact) mass is 454 g/mol. The number of sulfonamides is 1. The molecule has 4 rings (SSSR count). The first kappa shape index (κ1) is 22.8. The molecule has 2 aliphatic heterocycles. The summed E-state index contributed by atoms with van der Waals surface area (Å²) in [6, 6.07) is 13.2. The molecule has 2 aromatic carbocycles. The number of ether oxygens (including phenoxy) is 2. The minimum Gasteiger partial charge on any atom is -0.454 e. The van der Waals surface area contributed by atoms with Gasteiger partial charge in [0.2, 0.25) is 16.8 Å². The third-order valence-electron chi connectivity index (χ3n) is 5.30. The molecule has 0 aromatic heterocycles. The molecule has 8 nitrogen and oxygen atoms in total. The summed E-state index contributed by atoms with van der Waals surface area (Å²) >= 11 is 0. The molecule has 10 heteroatoms. The van der Waals surface area contributed by atoms with E-state index in [1.165, 1.54) is 4.31 Å². The molecule has 1 fully saturated rings. The lowest BCUT2D eigenvalue weighted by molar-refractivity contribution is 0.174. The van der Waals surface area contributed by atoms with Gasteiger partial charge in [-0.25, -0.2) is 18.1 Å². The Morgan fingerprint density at radius 1 is 1.13 bits per heavy atom. The number of hydrogen-bond acceptors (Lipinski definition) is 7. The number of rotatable bonds is 7.